The third-order valence-corrected chi connectivity index (χ3v) is 6.41. The zero-order valence-corrected chi connectivity index (χ0v) is 18.3. The summed E-state index contributed by atoms with van der Waals surface area (Å²) in [6, 6.07) is 16.1. The molecule has 3 aromatic rings. The zero-order valence-electron chi connectivity index (χ0n) is 16.7. The Morgan fingerprint density at radius 3 is 2.38 bits per heavy atom. The molecule has 7 heteroatoms. The van der Waals surface area contributed by atoms with Gasteiger partial charge in [-0.25, -0.2) is 0 Å². The number of ether oxygens (including phenoxy) is 1. The molecular formula is C22H25ClN4OS. The number of halogens is 1. The summed E-state index contributed by atoms with van der Waals surface area (Å²) < 4.78 is 9.79. The molecule has 4 rings (SSSR count). The maximum atomic E-state index is 5.97. The number of nitrogens with zero attached hydrogens (tertiary/aromatic N) is 4. The van der Waals surface area contributed by atoms with Gasteiger partial charge >= 0.3 is 0 Å². The lowest BCUT2D eigenvalue weighted by atomic mass is 10.0. The van der Waals surface area contributed by atoms with Gasteiger partial charge in [0.2, 0.25) is 5.13 Å². The molecule has 0 amide bonds. The maximum Gasteiger partial charge on any atom is 0.205 e. The Labute approximate surface area is 181 Å². The first-order chi connectivity index (χ1) is 14.1. The van der Waals surface area contributed by atoms with Gasteiger partial charge in [-0.05, 0) is 47.9 Å². The Bertz CT molecular complexity index is 921. The van der Waals surface area contributed by atoms with Crippen LogP contribution in [-0.2, 0) is 0 Å². The van der Waals surface area contributed by atoms with E-state index >= 15 is 0 Å². The third-order valence-electron chi connectivity index (χ3n) is 5.38. The normalized spacial score (nSPS) is 16.0. The van der Waals surface area contributed by atoms with Gasteiger partial charge in [-0.15, -0.1) is 0 Å². The molecule has 1 unspecified atom stereocenters. The van der Waals surface area contributed by atoms with Crippen LogP contribution in [0.5, 0.6) is 5.75 Å². The van der Waals surface area contributed by atoms with Crippen molar-refractivity contribution in [2.24, 2.45) is 0 Å². The monoisotopic (exact) mass is 428 g/mol. The molecule has 1 fully saturated rings. The van der Waals surface area contributed by atoms with Crippen molar-refractivity contribution in [1.29, 1.82) is 0 Å². The third kappa shape index (κ3) is 4.89. The lowest BCUT2D eigenvalue weighted by Gasteiger charge is -2.35. The second-order valence-electron chi connectivity index (χ2n) is 7.37. The van der Waals surface area contributed by atoms with Gasteiger partial charge in [0, 0.05) is 54.8 Å². The van der Waals surface area contributed by atoms with E-state index in [1.807, 2.05) is 36.4 Å². The van der Waals surface area contributed by atoms with Crippen LogP contribution in [0, 0.1) is 0 Å². The average molecular weight is 429 g/mol. The van der Waals surface area contributed by atoms with E-state index in [2.05, 4.69) is 33.2 Å². The Balaban J connectivity index is 1.31. The van der Waals surface area contributed by atoms with E-state index in [9.17, 15) is 0 Å². The average Bonchev–Trinajstić information content (AvgIpc) is 3.25. The molecule has 0 bridgehead atoms. The minimum atomic E-state index is 0.491. The molecule has 1 aliphatic rings. The van der Waals surface area contributed by atoms with Crippen LogP contribution in [0.3, 0.4) is 0 Å². The van der Waals surface area contributed by atoms with Crippen molar-refractivity contribution in [3.05, 3.63) is 59.1 Å². The molecule has 0 aliphatic carbocycles. The summed E-state index contributed by atoms with van der Waals surface area (Å²) >= 11 is 7.44. The summed E-state index contributed by atoms with van der Waals surface area (Å²) in [5.41, 5.74) is 2.36. The van der Waals surface area contributed by atoms with E-state index in [-0.39, 0.29) is 0 Å². The summed E-state index contributed by atoms with van der Waals surface area (Å²) in [4.78, 5) is 9.62. The van der Waals surface area contributed by atoms with E-state index in [1.165, 1.54) is 17.1 Å². The standard InChI is InChI=1S/C22H25ClN4OS/c1-16(17-5-9-20(28-2)10-6-17)15-26-11-13-27(14-12-26)22-24-21(25-29-22)18-3-7-19(23)8-4-18/h3-10,16H,11-15H2,1-2H3. The molecule has 0 saturated carbocycles. The van der Waals surface area contributed by atoms with Gasteiger partial charge in [0.1, 0.15) is 5.75 Å². The van der Waals surface area contributed by atoms with Gasteiger partial charge in [0.25, 0.3) is 0 Å². The van der Waals surface area contributed by atoms with Crippen LogP contribution in [0.25, 0.3) is 11.4 Å². The molecule has 2 aromatic carbocycles. The van der Waals surface area contributed by atoms with Crippen LogP contribution in [-0.4, -0.2) is 54.1 Å². The lowest BCUT2D eigenvalue weighted by molar-refractivity contribution is 0.246. The molecular weight excluding hydrogens is 404 g/mol. The van der Waals surface area contributed by atoms with Crippen LogP contribution in [0.4, 0.5) is 5.13 Å². The Hall–Kier alpha value is -2.15. The van der Waals surface area contributed by atoms with E-state index in [1.54, 1.807) is 7.11 Å². The van der Waals surface area contributed by atoms with Crippen molar-refractivity contribution in [3.8, 4) is 17.1 Å². The Morgan fingerprint density at radius 1 is 1.03 bits per heavy atom. The summed E-state index contributed by atoms with van der Waals surface area (Å²) in [7, 11) is 1.70. The minimum absolute atomic E-state index is 0.491. The quantitative estimate of drug-likeness (QED) is 0.564. The number of hydrogen-bond donors (Lipinski definition) is 0. The molecule has 2 heterocycles. The molecule has 0 radical (unpaired) electrons. The number of piperazine rings is 1. The highest BCUT2D eigenvalue weighted by atomic mass is 35.5. The first-order valence-electron chi connectivity index (χ1n) is 9.83. The number of anilines is 1. The molecule has 152 valence electrons. The maximum absolute atomic E-state index is 5.97. The first-order valence-corrected chi connectivity index (χ1v) is 11.0. The summed E-state index contributed by atoms with van der Waals surface area (Å²) in [5.74, 6) is 2.17. The van der Waals surface area contributed by atoms with Crippen LogP contribution in [0.1, 0.15) is 18.4 Å². The fraction of sp³-hybridized carbons (Fsp3) is 0.364. The minimum Gasteiger partial charge on any atom is -0.497 e. The van der Waals surface area contributed by atoms with E-state index in [4.69, 9.17) is 21.3 Å². The van der Waals surface area contributed by atoms with Crippen LogP contribution in [0.2, 0.25) is 5.02 Å². The highest BCUT2D eigenvalue weighted by Crippen LogP contribution is 2.26. The SMILES string of the molecule is COc1ccc(C(C)CN2CCN(c3nc(-c4ccc(Cl)cc4)ns3)CC2)cc1. The first kappa shape index (κ1) is 20.1. The summed E-state index contributed by atoms with van der Waals surface area (Å²) in [6.07, 6.45) is 0. The van der Waals surface area contributed by atoms with Crippen LogP contribution in [0.15, 0.2) is 48.5 Å². The molecule has 1 saturated heterocycles. The highest BCUT2D eigenvalue weighted by molar-refractivity contribution is 7.09. The fourth-order valence-corrected chi connectivity index (χ4v) is 4.47. The van der Waals surface area contributed by atoms with Gasteiger partial charge in [-0.1, -0.05) is 30.7 Å². The van der Waals surface area contributed by atoms with E-state index < -0.39 is 0 Å². The topological polar surface area (TPSA) is 41.5 Å². The highest BCUT2D eigenvalue weighted by Gasteiger charge is 2.22. The van der Waals surface area contributed by atoms with Crippen LogP contribution >= 0.6 is 23.1 Å². The molecule has 1 atom stereocenters. The molecule has 5 nitrogen and oxygen atoms in total. The Morgan fingerprint density at radius 2 is 1.72 bits per heavy atom. The predicted molar refractivity (Wildman–Crippen MR) is 120 cm³/mol. The molecule has 0 N–H and O–H groups in total. The van der Waals surface area contributed by atoms with Crippen LogP contribution < -0.4 is 9.64 Å². The van der Waals surface area contributed by atoms with Crippen molar-refractivity contribution >= 4 is 28.3 Å². The fourth-order valence-electron chi connectivity index (χ4n) is 3.61. The van der Waals surface area contributed by atoms with Gasteiger partial charge in [0.15, 0.2) is 5.82 Å². The molecule has 1 aromatic heterocycles. The summed E-state index contributed by atoms with van der Waals surface area (Å²) in [5, 5.41) is 1.72. The van der Waals surface area contributed by atoms with Crippen molar-refractivity contribution in [3.63, 3.8) is 0 Å². The van der Waals surface area contributed by atoms with Gasteiger partial charge in [0.05, 0.1) is 7.11 Å². The second-order valence-corrected chi connectivity index (χ2v) is 8.54. The lowest BCUT2D eigenvalue weighted by Crippen LogP contribution is -2.47. The van der Waals surface area contributed by atoms with Gasteiger partial charge in [-0.2, -0.15) is 9.36 Å². The van der Waals surface area contributed by atoms with Gasteiger partial charge < -0.3 is 9.64 Å². The number of aromatic nitrogens is 2. The number of benzene rings is 2. The van der Waals surface area contributed by atoms with Crippen molar-refractivity contribution < 1.29 is 4.74 Å². The number of rotatable bonds is 6. The predicted octanol–water partition coefficient (Wildman–Crippen LogP) is 4.79. The van der Waals surface area contributed by atoms with Gasteiger partial charge in [-0.3, -0.25) is 4.90 Å². The second kappa shape index (κ2) is 9.11. The smallest absolute Gasteiger partial charge is 0.205 e. The van der Waals surface area contributed by atoms with Crippen molar-refractivity contribution in [2.45, 2.75) is 12.8 Å². The van der Waals surface area contributed by atoms with E-state index in [0.29, 0.717) is 5.92 Å². The molecule has 1 aliphatic heterocycles. The number of methoxy groups -OCH3 is 1. The largest absolute Gasteiger partial charge is 0.497 e. The number of hydrogen-bond acceptors (Lipinski definition) is 6. The molecule has 29 heavy (non-hydrogen) atoms. The molecule has 0 spiro atoms. The summed E-state index contributed by atoms with van der Waals surface area (Å²) in [6.45, 7) is 7.38. The zero-order chi connectivity index (χ0) is 20.2. The van der Waals surface area contributed by atoms with Crippen molar-refractivity contribution in [1.82, 2.24) is 14.3 Å². The van der Waals surface area contributed by atoms with E-state index in [0.717, 1.165) is 60.0 Å². The Kier molecular flexibility index (Phi) is 6.33. The van der Waals surface area contributed by atoms with Crippen molar-refractivity contribution in [2.75, 3.05) is 44.7 Å².